The van der Waals surface area contributed by atoms with Crippen LogP contribution in [0.25, 0.3) is 0 Å². The zero-order chi connectivity index (χ0) is 23.2. The van der Waals surface area contributed by atoms with Gasteiger partial charge in [-0.15, -0.1) is 0 Å². The standard InChI is InChI=1S/C24H25F3N2O4/c25-24(26,27)18-2-1-3-19(11-18)29-14-16(10-22(29)30)13-28-8-6-23(31,7-9-28)17-4-5-20-21(12-17)33-15-32-20/h1-5,11-12,16,31H,6-10,13-15H2. The third kappa shape index (κ3) is 4.39. The topological polar surface area (TPSA) is 62.2 Å². The SMILES string of the molecule is O=C1CC(CN2CCC(O)(c3ccc4c(c3)OCO4)CC2)CN1c1cccc(C(F)(F)F)c1. The van der Waals surface area contributed by atoms with Crippen molar-refractivity contribution >= 4 is 11.6 Å². The van der Waals surface area contributed by atoms with Gasteiger partial charge >= 0.3 is 6.18 Å². The van der Waals surface area contributed by atoms with Crippen molar-refractivity contribution in [3.8, 4) is 11.5 Å². The van der Waals surface area contributed by atoms with Crippen LogP contribution in [0.5, 0.6) is 11.5 Å². The second-order valence-corrected chi connectivity index (χ2v) is 9.02. The molecule has 1 unspecified atom stereocenters. The third-order valence-corrected chi connectivity index (χ3v) is 6.80. The Morgan fingerprint density at radius 1 is 1.06 bits per heavy atom. The number of hydrogen-bond donors (Lipinski definition) is 1. The summed E-state index contributed by atoms with van der Waals surface area (Å²) in [6, 6.07) is 10.4. The van der Waals surface area contributed by atoms with Gasteiger partial charge in [0.2, 0.25) is 12.7 Å². The molecule has 2 saturated heterocycles. The average molecular weight is 462 g/mol. The molecule has 3 aliphatic rings. The number of benzene rings is 2. The van der Waals surface area contributed by atoms with Crippen molar-refractivity contribution in [1.29, 1.82) is 0 Å². The number of anilines is 1. The second kappa shape index (κ2) is 8.22. The lowest BCUT2D eigenvalue weighted by atomic mass is 9.84. The number of likely N-dealkylation sites (tertiary alicyclic amines) is 1. The van der Waals surface area contributed by atoms with Crippen molar-refractivity contribution in [3.05, 3.63) is 53.6 Å². The molecule has 1 N–H and O–H groups in total. The number of rotatable bonds is 4. The van der Waals surface area contributed by atoms with E-state index in [0.717, 1.165) is 17.7 Å². The summed E-state index contributed by atoms with van der Waals surface area (Å²) in [5.74, 6) is 1.19. The van der Waals surface area contributed by atoms with Gasteiger partial charge in [0, 0.05) is 38.3 Å². The van der Waals surface area contributed by atoms with Gasteiger partial charge in [0.05, 0.1) is 11.2 Å². The molecule has 2 aromatic carbocycles. The van der Waals surface area contributed by atoms with Gasteiger partial charge in [-0.1, -0.05) is 12.1 Å². The van der Waals surface area contributed by atoms with Crippen molar-refractivity contribution in [3.63, 3.8) is 0 Å². The Morgan fingerprint density at radius 2 is 1.82 bits per heavy atom. The normalized spacial score (nSPS) is 22.7. The van der Waals surface area contributed by atoms with Crippen molar-refractivity contribution in [1.82, 2.24) is 4.90 Å². The van der Waals surface area contributed by atoms with Crippen LogP contribution in [-0.4, -0.2) is 48.9 Å². The number of piperidine rings is 1. The van der Waals surface area contributed by atoms with E-state index in [2.05, 4.69) is 4.90 Å². The highest BCUT2D eigenvalue weighted by Crippen LogP contribution is 2.40. The molecule has 2 aromatic rings. The number of nitrogens with zero attached hydrogens (tertiary/aromatic N) is 2. The number of halogens is 3. The number of fused-ring (bicyclic) bond motifs is 1. The van der Waals surface area contributed by atoms with Gasteiger partial charge in [-0.05, 0) is 54.7 Å². The van der Waals surface area contributed by atoms with Gasteiger partial charge < -0.3 is 24.4 Å². The summed E-state index contributed by atoms with van der Waals surface area (Å²) in [6.45, 7) is 2.57. The van der Waals surface area contributed by atoms with Crippen molar-refractivity contribution in [2.75, 3.05) is 37.9 Å². The number of aliphatic hydroxyl groups is 1. The Morgan fingerprint density at radius 3 is 2.58 bits per heavy atom. The molecule has 9 heteroatoms. The smallest absolute Gasteiger partial charge is 0.416 e. The van der Waals surface area contributed by atoms with Crippen LogP contribution in [0.1, 0.15) is 30.4 Å². The fraction of sp³-hybridized carbons (Fsp3) is 0.458. The Labute approximate surface area is 189 Å². The highest BCUT2D eigenvalue weighted by molar-refractivity contribution is 5.95. The molecular formula is C24H25F3N2O4. The molecule has 5 rings (SSSR count). The lowest BCUT2D eigenvalue weighted by molar-refractivity contribution is -0.137. The van der Waals surface area contributed by atoms with Gasteiger partial charge in [-0.2, -0.15) is 13.2 Å². The van der Waals surface area contributed by atoms with E-state index in [1.165, 1.54) is 11.0 Å². The zero-order valence-electron chi connectivity index (χ0n) is 18.0. The second-order valence-electron chi connectivity index (χ2n) is 9.02. The first-order valence-corrected chi connectivity index (χ1v) is 11.0. The molecule has 0 radical (unpaired) electrons. The molecule has 3 aliphatic heterocycles. The van der Waals surface area contributed by atoms with E-state index in [4.69, 9.17) is 9.47 Å². The summed E-state index contributed by atoms with van der Waals surface area (Å²) in [5.41, 5.74) is -0.617. The molecule has 0 aromatic heterocycles. The maximum atomic E-state index is 13.0. The van der Waals surface area contributed by atoms with Crippen LogP contribution in [0.3, 0.4) is 0 Å². The molecule has 0 spiro atoms. The molecule has 176 valence electrons. The zero-order valence-corrected chi connectivity index (χ0v) is 18.0. The van der Waals surface area contributed by atoms with Crippen molar-refractivity contribution < 1.29 is 32.5 Å². The van der Waals surface area contributed by atoms with Gasteiger partial charge in [0.1, 0.15) is 0 Å². The maximum Gasteiger partial charge on any atom is 0.416 e. The predicted octanol–water partition coefficient (Wildman–Crippen LogP) is 3.77. The molecule has 1 amide bonds. The monoisotopic (exact) mass is 462 g/mol. The lowest BCUT2D eigenvalue weighted by Gasteiger charge is -2.39. The largest absolute Gasteiger partial charge is 0.454 e. The highest BCUT2D eigenvalue weighted by atomic mass is 19.4. The van der Waals surface area contributed by atoms with E-state index < -0.39 is 17.3 Å². The summed E-state index contributed by atoms with van der Waals surface area (Å²) in [7, 11) is 0. The van der Waals surface area contributed by atoms with Gasteiger partial charge in [-0.3, -0.25) is 4.79 Å². The van der Waals surface area contributed by atoms with Crippen LogP contribution in [0, 0.1) is 5.92 Å². The maximum absolute atomic E-state index is 13.0. The summed E-state index contributed by atoms with van der Waals surface area (Å²) in [4.78, 5) is 16.2. The Bertz CT molecular complexity index is 1050. The van der Waals surface area contributed by atoms with Crippen LogP contribution >= 0.6 is 0 Å². The predicted molar refractivity (Wildman–Crippen MR) is 114 cm³/mol. The molecule has 1 atom stereocenters. The van der Waals surface area contributed by atoms with E-state index in [0.29, 0.717) is 56.9 Å². The Hall–Kier alpha value is -2.78. The molecule has 0 bridgehead atoms. The van der Waals surface area contributed by atoms with Crippen molar-refractivity contribution in [2.45, 2.75) is 31.0 Å². The van der Waals surface area contributed by atoms with Gasteiger partial charge in [0.15, 0.2) is 11.5 Å². The molecule has 0 aliphatic carbocycles. The number of ether oxygens (including phenoxy) is 2. The number of hydrogen-bond acceptors (Lipinski definition) is 5. The first-order chi connectivity index (χ1) is 15.7. The van der Waals surface area contributed by atoms with Gasteiger partial charge in [-0.25, -0.2) is 0 Å². The summed E-state index contributed by atoms with van der Waals surface area (Å²) < 4.78 is 49.9. The van der Waals surface area contributed by atoms with E-state index in [-0.39, 0.29) is 24.3 Å². The molecule has 0 saturated carbocycles. The minimum Gasteiger partial charge on any atom is -0.454 e. The Balaban J connectivity index is 1.19. The number of amides is 1. The number of alkyl halides is 3. The first kappa shape index (κ1) is 22.0. The highest BCUT2D eigenvalue weighted by Gasteiger charge is 2.38. The summed E-state index contributed by atoms with van der Waals surface area (Å²) in [5, 5.41) is 11.2. The number of carbonyl (C=O) groups is 1. The first-order valence-electron chi connectivity index (χ1n) is 11.0. The third-order valence-electron chi connectivity index (χ3n) is 6.80. The fourth-order valence-electron chi connectivity index (χ4n) is 4.95. The molecule has 2 fully saturated rings. The van der Waals surface area contributed by atoms with Crippen molar-refractivity contribution in [2.24, 2.45) is 5.92 Å². The van der Waals surface area contributed by atoms with E-state index in [1.807, 2.05) is 18.2 Å². The van der Waals surface area contributed by atoms with Crippen LogP contribution in [0.2, 0.25) is 0 Å². The summed E-state index contributed by atoms with van der Waals surface area (Å²) >= 11 is 0. The van der Waals surface area contributed by atoms with Crippen LogP contribution in [-0.2, 0) is 16.6 Å². The van der Waals surface area contributed by atoms with Crippen LogP contribution < -0.4 is 14.4 Å². The number of carbonyl (C=O) groups excluding carboxylic acids is 1. The molecular weight excluding hydrogens is 437 g/mol. The van der Waals surface area contributed by atoms with E-state index in [1.54, 1.807) is 6.07 Å². The van der Waals surface area contributed by atoms with Crippen LogP contribution in [0.15, 0.2) is 42.5 Å². The molecule has 6 nitrogen and oxygen atoms in total. The van der Waals surface area contributed by atoms with E-state index in [9.17, 15) is 23.1 Å². The van der Waals surface area contributed by atoms with E-state index >= 15 is 0 Å². The fourth-order valence-corrected chi connectivity index (χ4v) is 4.95. The Kier molecular flexibility index (Phi) is 5.49. The van der Waals surface area contributed by atoms with Gasteiger partial charge in [0.25, 0.3) is 0 Å². The molecule has 3 heterocycles. The summed E-state index contributed by atoms with van der Waals surface area (Å²) in [6.07, 6.45) is -3.05. The average Bonchev–Trinajstić information content (AvgIpc) is 3.40. The minimum absolute atomic E-state index is 0.0313. The minimum atomic E-state index is -4.44. The lowest BCUT2D eigenvalue weighted by Crippen LogP contribution is -2.44. The molecule has 33 heavy (non-hydrogen) atoms. The quantitative estimate of drug-likeness (QED) is 0.750. The van der Waals surface area contributed by atoms with Crippen LogP contribution in [0.4, 0.5) is 18.9 Å².